The van der Waals surface area contributed by atoms with Crippen LogP contribution in [0.15, 0.2) is 47.6 Å². The maximum absolute atomic E-state index is 13.3. The van der Waals surface area contributed by atoms with E-state index in [0.717, 1.165) is 6.42 Å². The summed E-state index contributed by atoms with van der Waals surface area (Å²) in [6.45, 7) is 11.6. The second-order valence-corrected chi connectivity index (χ2v) is 11.8. The highest BCUT2D eigenvalue weighted by atomic mass is 32.2. The highest BCUT2D eigenvalue weighted by Gasteiger charge is 2.41. The Morgan fingerprint density at radius 3 is 2.62 bits per heavy atom. The van der Waals surface area contributed by atoms with Gasteiger partial charge in [-0.3, -0.25) is 4.79 Å². The van der Waals surface area contributed by atoms with E-state index in [0.29, 0.717) is 42.5 Å². The maximum atomic E-state index is 13.3. The SMILES string of the molecule is CC(C)COc1ccn(-c2ccc(C(=O)NS(=O)(=O)c3cccc(N)n3)c(N3CCC(C)C3(C)C)n2)n1. The van der Waals surface area contributed by atoms with E-state index in [1.807, 2.05) is 4.90 Å². The predicted molar refractivity (Wildman–Crippen MR) is 140 cm³/mol. The lowest BCUT2D eigenvalue weighted by Crippen LogP contribution is -2.44. The van der Waals surface area contributed by atoms with Gasteiger partial charge in [0.15, 0.2) is 10.8 Å². The predicted octanol–water partition coefficient (Wildman–Crippen LogP) is 3.02. The number of hydrogen-bond acceptors (Lipinski definition) is 9. The molecule has 4 heterocycles. The van der Waals surface area contributed by atoms with Crippen molar-refractivity contribution in [2.24, 2.45) is 11.8 Å². The first kappa shape index (κ1) is 26.4. The third kappa shape index (κ3) is 5.53. The van der Waals surface area contributed by atoms with Gasteiger partial charge in [-0.25, -0.2) is 19.4 Å². The second-order valence-electron chi connectivity index (χ2n) is 10.2. The van der Waals surface area contributed by atoms with Gasteiger partial charge >= 0.3 is 0 Å². The van der Waals surface area contributed by atoms with Gasteiger partial charge in [0.05, 0.1) is 12.2 Å². The number of hydrogen-bond donors (Lipinski definition) is 2. The minimum absolute atomic E-state index is 0.0332. The van der Waals surface area contributed by atoms with Crippen LogP contribution in [0.2, 0.25) is 0 Å². The molecule has 3 N–H and O–H groups in total. The fourth-order valence-corrected chi connectivity index (χ4v) is 5.07. The van der Waals surface area contributed by atoms with Crippen LogP contribution < -0.4 is 20.1 Å². The van der Waals surface area contributed by atoms with Gasteiger partial charge in [0.1, 0.15) is 11.6 Å². The van der Waals surface area contributed by atoms with E-state index in [9.17, 15) is 13.2 Å². The van der Waals surface area contributed by atoms with Crippen molar-refractivity contribution in [1.29, 1.82) is 0 Å². The van der Waals surface area contributed by atoms with Crippen molar-refractivity contribution in [2.75, 3.05) is 23.8 Å². The van der Waals surface area contributed by atoms with Gasteiger partial charge in [0, 0.05) is 24.3 Å². The summed E-state index contributed by atoms with van der Waals surface area (Å²) in [7, 11) is -4.25. The number of nitrogens with two attached hydrogens (primary N) is 1. The Kier molecular flexibility index (Phi) is 7.13. The Hall–Kier alpha value is -3.67. The zero-order valence-corrected chi connectivity index (χ0v) is 22.5. The zero-order valence-electron chi connectivity index (χ0n) is 21.7. The summed E-state index contributed by atoms with van der Waals surface area (Å²) in [5.41, 5.74) is 5.44. The van der Waals surface area contributed by atoms with Gasteiger partial charge < -0.3 is 15.4 Å². The van der Waals surface area contributed by atoms with E-state index in [-0.39, 0.29) is 21.9 Å². The Bertz CT molecular complexity index is 1400. The number of ether oxygens (including phenoxy) is 1. The smallest absolute Gasteiger partial charge is 0.281 e. The van der Waals surface area contributed by atoms with Gasteiger partial charge in [-0.2, -0.15) is 8.42 Å². The van der Waals surface area contributed by atoms with Crippen LogP contribution in [0.4, 0.5) is 11.6 Å². The summed E-state index contributed by atoms with van der Waals surface area (Å²) in [6.07, 6.45) is 2.63. The molecule has 1 fully saturated rings. The van der Waals surface area contributed by atoms with Crippen LogP contribution >= 0.6 is 0 Å². The molecular weight excluding hydrogens is 494 g/mol. The average molecular weight is 528 g/mol. The summed E-state index contributed by atoms with van der Waals surface area (Å²) < 4.78 is 35.1. The molecule has 11 nitrogen and oxygen atoms in total. The molecule has 12 heteroatoms. The number of nitrogens with one attached hydrogen (secondary N) is 1. The Balaban J connectivity index is 1.71. The van der Waals surface area contributed by atoms with Gasteiger partial charge in [-0.05, 0) is 56.4 Å². The van der Waals surface area contributed by atoms with Crippen molar-refractivity contribution in [2.45, 2.75) is 51.6 Å². The molecule has 3 aromatic heterocycles. The standard InChI is InChI=1S/C25H33N7O4S/c1-16(2)15-36-21-12-14-32(29-21)20-10-9-18(23(28-20)31-13-11-17(3)25(31,4)5)24(33)30-37(34,35)22-8-6-7-19(26)27-22/h6-10,12,14,16-17H,11,13,15H2,1-5H3,(H2,26,27)(H,30,33). The number of rotatable bonds is 8. The first-order valence-corrected chi connectivity index (χ1v) is 13.6. The number of carbonyl (C=O) groups excluding carboxylic acids is 1. The Morgan fingerprint density at radius 1 is 1.22 bits per heavy atom. The lowest BCUT2D eigenvalue weighted by atomic mass is 9.90. The number of carbonyl (C=O) groups is 1. The first-order chi connectivity index (χ1) is 17.4. The number of amides is 1. The molecule has 1 aliphatic rings. The van der Waals surface area contributed by atoms with Crippen molar-refractivity contribution in [3.63, 3.8) is 0 Å². The molecule has 198 valence electrons. The van der Waals surface area contributed by atoms with Gasteiger partial charge in [-0.15, -0.1) is 5.10 Å². The molecule has 0 spiro atoms. The molecule has 1 aliphatic heterocycles. The largest absolute Gasteiger partial charge is 0.476 e. The summed E-state index contributed by atoms with van der Waals surface area (Å²) in [5.74, 6) is 1.22. The van der Waals surface area contributed by atoms with Crippen LogP contribution in [0.1, 0.15) is 51.4 Å². The van der Waals surface area contributed by atoms with E-state index in [1.54, 1.807) is 29.1 Å². The molecule has 4 rings (SSSR count). The number of aromatic nitrogens is 4. The van der Waals surface area contributed by atoms with Crippen LogP contribution in [-0.2, 0) is 10.0 Å². The third-order valence-electron chi connectivity index (χ3n) is 6.66. The first-order valence-electron chi connectivity index (χ1n) is 12.2. The molecule has 1 atom stereocenters. The quantitative estimate of drug-likeness (QED) is 0.451. The molecule has 1 amide bonds. The van der Waals surface area contributed by atoms with Crippen molar-refractivity contribution in [3.8, 4) is 11.7 Å². The third-order valence-corrected chi connectivity index (χ3v) is 7.89. The molecule has 0 aromatic carbocycles. The van der Waals surface area contributed by atoms with Crippen molar-refractivity contribution < 1.29 is 17.9 Å². The number of nitrogen functional groups attached to an aromatic ring is 1. The highest BCUT2D eigenvalue weighted by Crippen LogP contribution is 2.39. The molecule has 0 radical (unpaired) electrons. The number of sulfonamides is 1. The maximum Gasteiger partial charge on any atom is 0.281 e. The van der Waals surface area contributed by atoms with E-state index in [4.69, 9.17) is 15.5 Å². The lowest BCUT2D eigenvalue weighted by molar-refractivity contribution is 0.0981. The fourth-order valence-electron chi connectivity index (χ4n) is 4.13. The summed E-state index contributed by atoms with van der Waals surface area (Å²) in [6, 6.07) is 9.13. The van der Waals surface area contributed by atoms with Crippen LogP contribution in [0.3, 0.4) is 0 Å². The molecule has 3 aromatic rings. The minimum atomic E-state index is -4.25. The molecule has 0 bridgehead atoms. The normalized spacial score (nSPS) is 17.2. The van der Waals surface area contributed by atoms with Gasteiger partial charge in [0.2, 0.25) is 5.88 Å². The topological polar surface area (TPSA) is 145 Å². The monoisotopic (exact) mass is 527 g/mol. The highest BCUT2D eigenvalue weighted by molar-refractivity contribution is 7.90. The lowest BCUT2D eigenvalue weighted by Gasteiger charge is -2.36. The van der Waals surface area contributed by atoms with Crippen molar-refractivity contribution >= 4 is 27.6 Å². The average Bonchev–Trinajstić information content (AvgIpc) is 3.41. The zero-order chi connectivity index (χ0) is 27.0. The number of anilines is 2. The van der Waals surface area contributed by atoms with Gasteiger partial charge in [0.25, 0.3) is 15.9 Å². The van der Waals surface area contributed by atoms with Crippen LogP contribution in [0.5, 0.6) is 5.88 Å². The number of pyridine rings is 2. The Morgan fingerprint density at radius 2 is 1.97 bits per heavy atom. The number of nitrogens with zero attached hydrogens (tertiary/aromatic N) is 5. The molecule has 37 heavy (non-hydrogen) atoms. The summed E-state index contributed by atoms with van der Waals surface area (Å²) in [5, 5.41) is 4.11. The minimum Gasteiger partial charge on any atom is -0.476 e. The van der Waals surface area contributed by atoms with Crippen LogP contribution in [-0.4, -0.2) is 52.8 Å². The van der Waals surface area contributed by atoms with E-state index < -0.39 is 15.9 Å². The van der Waals surface area contributed by atoms with Crippen LogP contribution in [0.25, 0.3) is 5.82 Å². The molecule has 0 saturated carbocycles. The second kappa shape index (κ2) is 10.0. The molecular formula is C25H33N7O4S. The fraction of sp³-hybridized carbons (Fsp3) is 0.440. The van der Waals surface area contributed by atoms with E-state index >= 15 is 0 Å². The molecule has 1 unspecified atom stereocenters. The molecule has 0 aliphatic carbocycles. The Labute approximate surface area is 217 Å². The summed E-state index contributed by atoms with van der Waals surface area (Å²) >= 11 is 0. The van der Waals surface area contributed by atoms with E-state index in [1.165, 1.54) is 18.2 Å². The molecule has 1 saturated heterocycles. The van der Waals surface area contributed by atoms with Crippen molar-refractivity contribution in [1.82, 2.24) is 24.5 Å². The summed E-state index contributed by atoms with van der Waals surface area (Å²) in [4.78, 5) is 24.0. The van der Waals surface area contributed by atoms with E-state index in [2.05, 4.69) is 49.4 Å². The van der Waals surface area contributed by atoms with Gasteiger partial charge in [-0.1, -0.05) is 26.8 Å². The van der Waals surface area contributed by atoms with Crippen molar-refractivity contribution in [3.05, 3.63) is 48.2 Å². The van der Waals surface area contributed by atoms with Crippen LogP contribution in [0, 0.1) is 11.8 Å².